The molecule has 0 aliphatic heterocycles. The van der Waals surface area contributed by atoms with Crippen LogP contribution < -0.4 is 11.1 Å². The zero-order chi connectivity index (χ0) is 12.1. The maximum atomic E-state index is 12.2. The minimum atomic E-state index is -0.387. The van der Waals surface area contributed by atoms with E-state index in [1.54, 1.807) is 0 Å². The molecule has 0 aromatic carbocycles. The number of carbonyl (C=O) groups is 1. The van der Waals surface area contributed by atoms with Crippen molar-refractivity contribution in [1.82, 2.24) is 25.9 Å². The minimum absolute atomic E-state index is 0.0181. The Morgan fingerprint density at radius 2 is 2.18 bits per heavy atom. The van der Waals surface area contributed by atoms with E-state index < -0.39 is 0 Å². The Morgan fingerprint density at radius 1 is 1.41 bits per heavy atom. The maximum Gasteiger partial charge on any atom is 0.227 e. The molecule has 1 fully saturated rings. The number of carbonyl (C=O) groups excluding carboxylic acids is 1. The molecule has 0 unspecified atom stereocenters. The van der Waals surface area contributed by atoms with Gasteiger partial charge in [-0.25, -0.2) is 0 Å². The van der Waals surface area contributed by atoms with Gasteiger partial charge in [0, 0.05) is 6.54 Å². The highest BCUT2D eigenvalue weighted by Gasteiger charge is 2.37. The van der Waals surface area contributed by atoms with Gasteiger partial charge in [-0.15, -0.1) is 10.2 Å². The van der Waals surface area contributed by atoms with Crippen molar-refractivity contribution in [2.45, 2.75) is 38.6 Å². The SMILES string of the molecule is NCC1(C(=O)NCc2nn[nH]n2)CCCCC1. The summed E-state index contributed by atoms with van der Waals surface area (Å²) in [6.07, 6.45) is 5.10. The predicted molar refractivity (Wildman–Crippen MR) is 60.6 cm³/mol. The molecular formula is C10H18N6O. The van der Waals surface area contributed by atoms with Gasteiger partial charge >= 0.3 is 0 Å². The van der Waals surface area contributed by atoms with Crippen LogP contribution in [0.5, 0.6) is 0 Å². The Bertz CT molecular complexity index is 357. The third-order valence-corrected chi connectivity index (χ3v) is 3.48. The molecule has 0 atom stereocenters. The Hall–Kier alpha value is -1.50. The fraction of sp³-hybridized carbons (Fsp3) is 0.800. The van der Waals surface area contributed by atoms with Gasteiger partial charge in [0.25, 0.3) is 0 Å². The van der Waals surface area contributed by atoms with Crippen LogP contribution in [0.1, 0.15) is 37.9 Å². The van der Waals surface area contributed by atoms with Crippen LogP contribution in [-0.2, 0) is 11.3 Å². The van der Waals surface area contributed by atoms with Crippen molar-refractivity contribution >= 4 is 5.91 Å². The zero-order valence-corrected chi connectivity index (χ0v) is 9.78. The number of aromatic nitrogens is 4. The summed E-state index contributed by atoms with van der Waals surface area (Å²) in [5, 5.41) is 16.2. The van der Waals surface area contributed by atoms with E-state index in [-0.39, 0.29) is 11.3 Å². The average molecular weight is 238 g/mol. The molecule has 1 aromatic heterocycles. The molecule has 7 heteroatoms. The normalized spacial score (nSPS) is 18.9. The van der Waals surface area contributed by atoms with Gasteiger partial charge in [-0.05, 0) is 12.8 Å². The smallest absolute Gasteiger partial charge is 0.227 e. The van der Waals surface area contributed by atoms with E-state index in [4.69, 9.17) is 5.73 Å². The summed E-state index contributed by atoms with van der Waals surface area (Å²) in [5.41, 5.74) is 5.39. The first-order valence-electron chi connectivity index (χ1n) is 5.97. The molecule has 1 aliphatic carbocycles. The number of nitrogens with one attached hydrogen (secondary N) is 2. The van der Waals surface area contributed by atoms with E-state index in [0.717, 1.165) is 25.7 Å². The summed E-state index contributed by atoms with van der Waals surface area (Å²) in [6.45, 7) is 0.710. The number of nitrogens with two attached hydrogens (primary N) is 1. The van der Waals surface area contributed by atoms with Crippen molar-refractivity contribution in [2.24, 2.45) is 11.1 Å². The van der Waals surface area contributed by atoms with E-state index in [1.165, 1.54) is 6.42 Å². The molecule has 1 amide bonds. The van der Waals surface area contributed by atoms with Crippen LogP contribution in [0.4, 0.5) is 0 Å². The molecule has 7 nitrogen and oxygen atoms in total. The van der Waals surface area contributed by atoms with Crippen LogP contribution in [0.2, 0.25) is 0 Å². The molecule has 1 saturated carbocycles. The van der Waals surface area contributed by atoms with Crippen molar-refractivity contribution in [1.29, 1.82) is 0 Å². The van der Waals surface area contributed by atoms with Gasteiger partial charge in [-0.1, -0.05) is 24.5 Å². The number of H-pyrrole nitrogens is 1. The monoisotopic (exact) mass is 238 g/mol. The lowest BCUT2D eigenvalue weighted by molar-refractivity contribution is -0.132. The minimum Gasteiger partial charge on any atom is -0.348 e. The maximum absolute atomic E-state index is 12.2. The quantitative estimate of drug-likeness (QED) is 0.668. The van der Waals surface area contributed by atoms with Crippen molar-refractivity contribution in [2.75, 3.05) is 6.54 Å². The molecule has 17 heavy (non-hydrogen) atoms. The van der Waals surface area contributed by atoms with Crippen molar-refractivity contribution in [3.8, 4) is 0 Å². The molecule has 0 bridgehead atoms. The summed E-state index contributed by atoms with van der Waals surface area (Å²) in [7, 11) is 0. The standard InChI is InChI=1S/C10H18N6O/c11-7-10(4-2-1-3-5-10)9(17)12-6-8-13-15-16-14-8/h1-7,11H2,(H,12,17)(H,13,14,15,16). The van der Waals surface area contributed by atoms with Crippen LogP contribution in [0.15, 0.2) is 0 Å². The molecule has 94 valence electrons. The summed E-state index contributed by atoms with van der Waals surface area (Å²) < 4.78 is 0. The van der Waals surface area contributed by atoms with Crippen molar-refractivity contribution in [3.05, 3.63) is 5.82 Å². The molecule has 1 aromatic rings. The van der Waals surface area contributed by atoms with E-state index in [1.807, 2.05) is 0 Å². The number of hydrogen-bond donors (Lipinski definition) is 3. The Morgan fingerprint density at radius 3 is 2.76 bits per heavy atom. The molecule has 1 aliphatic rings. The molecule has 1 heterocycles. The van der Waals surface area contributed by atoms with Crippen molar-refractivity contribution in [3.63, 3.8) is 0 Å². The van der Waals surface area contributed by atoms with E-state index in [0.29, 0.717) is 18.9 Å². The average Bonchev–Trinajstić information content (AvgIpc) is 2.90. The lowest BCUT2D eigenvalue weighted by Gasteiger charge is -2.34. The van der Waals surface area contributed by atoms with Gasteiger partial charge in [-0.3, -0.25) is 4.79 Å². The summed E-state index contributed by atoms with van der Waals surface area (Å²) >= 11 is 0. The number of rotatable bonds is 4. The highest BCUT2D eigenvalue weighted by Crippen LogP contribution is 2.35. The molecule has 0 saturated heterocycles. The second kappa shape index (κ2) is 5.22. The largest absolute Gasteiger partial charge is 0.348 e. The van der Waals surface area contributed by atoms with Crippen LogP contribution >= 0.6 is 0 Å². The molecule has 0 radical (unpaired) electrons. The summed E-state index contributed by atoms with van der Waals surface area (Å²) in [5.74, 6) is 0.505. The molecule has 2 rings (SSSR count). The molecular weight excluding hydrogens is 220 g/mol. The second-order valence-electron chi connectivity index (χ2n) is 4.56. The molecule has 4 N–H and O–H groups in total. The third kappa shape index (κ3) is 2.60. The fourth-order valence-corrected chi connectivity index (χ4v) is 2.36. The van der Waals surface area contributed by atoms with E-state index in [9.17, 15) is 4.79 Å². The number of amides is 1. The van der Waals surface area contributed by atoms with E-state index in [2.05, 4.69) is 25.9 Å². The lowest BCUT2D eigenvalue weighted by Crippen LogP contribution is -2.47. The van der Waals surface area contributed by atoms with Crippen LogP contribution in [-0.4, -0.2) is 33.1 Å². The fourth-order valence-electron chi connectivity index (χ4n) is 2.36. The summed E-state index contributed by atoms with van der Waals surface area (Å²) in [6, 6.07) is 0. The van der Waals surface area contributed by atoms with Crippen LogP contribution in [0.25, 0.3) is 0 Å². The zero-order valence-electron chi connectivity index (χ0n) is 9.78. The molecule has 0 spiro atoms. The first-order chi connectivity index (χ1) is 8.27. The highest BCUT2D eigenvalue weighted by molar-refractivity contribution is 5.82. The highest BCUT2D eigenvalue weighted by atomic mass is 16.2. The summed E-state index contributed by atoms with van der Waals surface area (Å²) in [4.78, 5) is 12.2. The van der Waals surface area contributed by atoms with E-state index >= 15 is 0 Å². The van der Waals surface area contributed by atoms with Gasteiger partial charge in [-0.2, -0.15) is 5.21 Å². The number of tetrazole rings is 1. The van der Waals surface area contributed by atoms with Gasteiger partial charge < -0.3 is 11.1 Å². The van der Waals surface area contributed by atoms with Gasteiger partial charge in [0.2, 0.25) is 5.91 Å². The topological polar surface area (TPSA) is 110 Å². The first kappa shape index (κ1) is 12.0. The second-order valence-corrected chi connectivity index (χ2v) is 4.56. The van der Waals surface area contributed by atoms with Gasteiger partial charge in [0.15, 0.2) is 5.82 Å². The lowest BCUT2D eigenvalue weighted by atomic mass is 9.73. The Balaban J connectivity index is 1.93. The Kier molecular flexibility index (Phi) is 3.68. The van der Waals surface area contributed by atoms with Crippen molar-refractivity contribution < 1.29 is 4.79 Å². The third-order valence-electron chi connectivity index (χ3n) is 3.48. The number of nitrogens with zero attached hydrogens (tertiary/aromatic N) is 3. The Labute approximate surface area is 99.5 Å². The van der Waals surface area contributed by atoms with Crippen LogP contribution in [0, 0.1) is 5.41 Å². The first-order valence-corrected chi connectivity index (χ1v) is 5.97. The van der Waals surface area contributed by atoms with Gasteiger partial charge in [0.1, 0.15) is 0 Å². The number of aromatic amines is 1. The predicted octanol–water partition coefficient (Wildman–Crippen LogP) is -0.275. The van der Waals surface area contributed by atoms with Gasteiger partial charge in [0.05, 0.1) is 12.0 Å². The number of hydrogen-bond acceptors (Lipinski definition) is 5. The van der Waals surface area contributed by atoms with Crippen LogP contribution in [0.3, 0.4) is 0 Å².